The Bertz CT molecular complexity index is 663. The molecule has 0 amide bonds. The van der Waals surface area contributed by atoms with Gasteiger partial charge < -0.3 is 10.2 Å². The van der Waals surface area contributed by atoms with E-state index in [1.807, 2.05) is 18.2 Å². The van der Waals surface area contributed by atoms with E-state index in [9.17, 15) is 4.79 Å². The highest BCUT2D eigenvalue weighted by molar-refractivity contribution is 5.73. The molecule has 0 saturated heterocycles. The molecule has 0 bridgehead atoms. The number of rotatable bonds is 3. The van der Waals surface area contributed by atoms with Gasteiger partial charge >= 0.3 is 5.76 Å². The van der Waals surface area contributed by atoms with Crippen molar-refractivity contribution in [1.82, 2.24) is 4.57 Å². The molecule has 1 saturated carbocycles. The van der Waals surface area contributed by atoms with Gasteiger partial charge in [-0.25, -0.2) is 4.79 Å². The fourth-order valence-electron chi connectivity index (χ4n) is 3.48. The first-order chi connectivity index (χ1) is 10.1. The number of oxazole rings is 1. The van der Waals surface area contributed by atoms with Crippen LogP contribution in [0.3, 0.4) is 0 Å². The largest absolute Gasteiger partial charge is 0.419 e. The van der Waals surface area contributed by atoms with Crippen LogP contribution in [-0.4, -0.2) is 4.57 Å². The number of hydrogen-bond acceptors (Lipinski definition) is 3. The molecule has 1 aromatic carbocycles. The standard InChI is InChI=1S/C17H24N2O2/c1-19-15-9-8-13(11-16(15)21-17(19)20)14(18)10-12-6-4-2-3-5-7-12/h8-9,11-12,14H,2-7,10,18H2,1H3. The Hall–Kier alpha value is -1.55. The van der Waals surface area contributed by atoms with Crippen LogP contribution in [0, 0.1) is 5.92 Å². The summed E-state index contributed by atoms with van der Waals surface area (Å²) < 4.78 is 6.78. The average Bonchev–Trinajstić information content (AvgIpc) is 2.67. The second-order valence-corrected chi connectivity index (χ2v) is 6.35. The zero-order valence-electron chi connectivity index (χ0n) is 12.7. The highest BCUT2D eigenvalue weighted by Crippen LogP contribution is 2.30. The molecule has 21 heavy (non-hydrogen) atoms. The Balaban J connectivity index is 1.77. The second kappa shape index (κ2) is 6.06. The number of aromatic nitrogens is 1. The van der Waals surface area contributed by atoms with Gasteiger partial charge in [0.2, 0.25) is 0 Å². The minimum absolute atomic E-state index is 0.0306. The summed E-state index contributed by atoms with van der Waals surface area (Å²) in [6.07, 6.45) is 9.04. The Labute approximate surface area is 124 Å². The second-order valence-electron chi connectivity index (χ2n) is 6.35. The van der Waals surface area contributed by atoms with E-state index in [0.29, 0.717) is 5.58 Å². The van der Waals surface area contributed by atoms with Gasteiger partial charge in [-0.15, -0.1) is 0 Å². The van der Waals surface area contributed by atoms with E-state index in [-0.39, 0.29) is 11.8 Å². The molecule has 4 nitrogen and oxygen atoms in total. The van der Waals surface area contributed by atoms with Crippen LogP contribution in [0.4, 0.5) is 0 Å². The van der Waals surface area contributed by atoms with Crippen molar-refractivity contribution in [2.24, 2.45) is 18.7 Å². The van der Waals surface area contributed by atoms with Gasteiger partial charge in [0.05, 0.1) is 5.52 Å². The van der Waals surface area contributed by atoms with Gasteiger partial charge in [0.1, 0.15) is 0 Å². The monoisotopic (exact) mass is 288 g/mol. The number of nitrogens with zero attached hydrogens (tertiary/aromatic N) is 1. The summed E-state index contributed by atoms with van der Waals surface area (Å²) in [5, 5.41) is 0. The molecule has 4 heteroatoms. The highest BCUT2D eigenvalue weighted by Gasteiger charge is 2.18. The molecular weight excluding hydrogens is 264 g/mol. The van der Waals surface area contributed by atoms with Crippen molar-refractivity contribution >= 4 is 11.1 Å². The van der Waals surface area contributed by atoms with Crippen molar-refractivity contribution in [3.63, 3.8) is 0 Å². The van der Waals surface area contributed by atoms with E-state index in [0.717, 1.165) is 23.4 Å². The summed E-state index contributed by atoms with van der Waals surface area (Å²) in [4.78, 5) is 11.5. The van der Waals surface area contributed by atoms with Crippen LogP contribution in [0.1, 0.15) is 56.6 Å². The predicted molar refractivity (Wildman–Crippen MR) is 84.2 cm³/mol. The van der Waals surface area contributed by atoms with Crippen molar-refractivity contribution in [2.75, 3.05) is 0 Å². The van der Waals surface area contributed by atoms with Gasteiger partial charge in [0, 0.05) is 13.1 Å². The fraction of sp³-hybridized carbons (Fsp3) is 0.588. The van der Waals surface area contributed by atoms with Crippen LogP contribution in [-0.2, 0) is 7.05 Å². The van der Waals surface area contributed by atoms with Crippen LogP contribution < -0.4 is 11.5 Å². The summed E-state index contributed by atoms with van der Waals surface area (Å²) in [5.41, 5.74) is 8.92. The van der Waals surface area contributed by atoms with Gasteiger partial charge in [0.25, 0.3) is 0 Å². The van der Waals surface area contributed by atoms with E-state index >= 15 is 0 Å². The summed E-state index contributed by atoms with van der Waals surface area (Å²) in [5.74, 6) is 0.417. The summed E-state index contributed by atoms with van der Waals surface area (Å²) in [7, 11) is 1.72. The number of nitrogens with two attached hydrogens (primary N) is 1. The molecule has 0 radical (unpaired) electrons. The Morgan fingerprint density at radius 2 is 2.00 bits per heavy atom. The van der Waals surface area contributed by atoms with Crippen molar-refractivity contribution in [2.45, 2.75) is 51.0 Å². The molecule has 0 aliphatic heterocycles. The van der Waals surface area contributed by atoms with Gasteiger partial charge in [-0.2, -0.15) is 0 Å². The van der Waals surface area contributed by atoms with Crippen LogP contribution >= 0.6 is 0 Å². The SMILES string of the molecule is Cn1c(=O)oc2cc(C(N)CC3CCCCCC3)ccc21. The van der Waals surface area contributed by atoms with Crippen LogP contribution in [0.5, 0.6) is 0 Å². The summed E-state index contributed by atoms with van der Waals surface area (Å²) in [6.45, 7) is 0. The zero-order valence-corrected chi connectivity index (χ0v) is 12.7. The van der Waals surface area contributed by atoms with E-state index in [1.54, 1.807) is 7.05 Å². The third-order valence-electron chi connectivity index (χ3n) is 4.81. The first-order valence-electron chi connectivity index (χ1n) is 8.00. The number of aryl methyl sites for hydroxylation is 1. The van der Waals surface area contributed by atoms with Crippen LogP contribution in [0.25, 0.3) is 11.1 Å². The lowest BCUT2D eigenvalue weighted by Crippen LogP contribution is -2.15. The number of hydrogen-bond donors (Lipinski definition) is 1. The van der Waals surface area contributed by atoms with Gasteiger partial charge in [-0.05, 0) is 30.0 Å². The molecule has 1 aromatic heterocycles. The Kier molecular flexibility index (Phi) is 4.15. The van der Waals surface area contributed by atoms with E-state index < -0.39 is 0 Å². The molecule has 2 aromatic rings. The predicted octanol–water partition coefficient (Wildman–Crippen LogP) is 3.49. The molecule has 1 fully saturated rings. The van der Waals surface area contributed by atoms with Crippen molar-refractivity contribution in [3.05, 3.63) is 34.3 Å². The quantitative estimate of drug-likeness (QED) is 0.879. The van der Waals surface area contributed by atoms with Gasteiger partial charge in [0.15, 0.2) is 5.58 Å². The van der Waals surface area contributed by atoms with Crippen LogP contribution in [0.15, 0.2) is 27.4 Å². The molecule has 1 atom stereocenters. The first-order valence-corrected chi connectivity index (χ1v) is 8.00. The summed E-state index contributed by atoms with van der Waals surface area (Å²) in [6, 6.07) is 5.92. The molecule has 0 spiro atoms. The maximum absolute atomic E-state index is 11.5. The molecule has 1 aliphatic carbocycles. The maximum atomic E-state index is 11.5. The Morgan fingerprint density at radius 3 is 2.71 bits per heavy atom. The molecule has 3 rings (SSSR count). The van der Waals surface area contributed by atoms with Crippen molar-refractivity contribution < 1.29 is 4.42 Å². The van der Waals surface area contributed by atoms with E-state index in [2.05, 4.69) is 0 Å². The first kappa shape index (κ1) is 14.4. The van der Waals surface area contributed by atoms with Gasteiger partial charge in [-0.1, -0.05) is 44.6 Å². The molecule has 2 N–H and O–H groups in total. The third kappa shape index (κ3) is 3.05. The summed E-state index contributed by atoms with van der Waals surface area (Å²) >= 11 is 0. The Morgan fingerprint density at radius 1 is 1.29 bits per heavy atom. The van der Waals surface area contributed by atoms with Gasteiger partial charge in [-0.3, -0.25) is 4.57 Å². The molecule has 1 heterocycles. The zero-order chi connectivity index (χ0) is 14.8. The topological polar surface area (TPSA) is 61.2 Å². The van der Waals surface area contributed by atoms with Crippen LogP contribution in [0.2, 0.25) is 0 Å². The lowest BCUT2D eigenvalue weighted by molar-refractivity contribution is 0.393. The number of fused-ring (bicyclic) bond motifs is 1. The molecule has 1 aliphatic rings. The van der Waals surface area contributed by atoms with E-state index in [1.165, 1.54) is 43.1 Å². The third-order valence-corrected chi connectivity index (χ3v) is 4.81. The van der Waals surface area contributed by atoms with E-state index in [4.69, 9.17) is 10.2 Å². The number of benzene rings is 1. The molecule has 1 unspecified atom stereocenters. The lowest BCUT2D eigenvalue weighted by Gasteiger charge is -2.19. The lowest BCUT2D eigenvalue weighted by atomic mass is 9.90. The fourth-order valence-corrected chi connectivity index (χ4v) is 3.48. The van der Waals surface area contributed by atoms with Crippen molar-refractivity contribution in [3.8, 4) is 0 Å². The normalized spacial score (nSPS) is 18.8. The molecule has 114 valence electrons. The molecular formula is C17H24N2O2. The van der Waals surface area contributed by atoms with Crippen molar-refractivity contribution in [1.29, 1.82) is 0 Å². The maximum Gasteiger partial charge on any atom is 0.419 e. The highest BCUT2D eigenvalue weighted by atomic mass is 16.4. The smallest absolute Gasteiger partial charge is 0.408 e. The minimum atomic E-state index is -0.320. The minimum Gasteiger partial charge on any atom is -0.408 e. The average molecular weight is 288 g/mol.